The molecule has 1 aliphatic heterocycles. The molecule has 0 atom stereocenters. The van der Waals surface area contributed by atoms with Crippen LogP contribution in [-0.2, 0) is 11.7 Å². The van der Waals surface area contributed by atoms with Gasteiger partial charge >= 0.3 is 6.18 Å². The van der Waals surface area contributed by atoms with Crippen molar-refractivity contribution < 1.29 is 13.2 Å². The molecule has 3 aromatic rings. The Morgan fingerprint density at radius 2 is 1.73 bits per heavy atom. The van der Waals surface area contributed by atoms with E-state index in [0.717, 1.165) is 11.8 Å². The number of nitrogens with zero attached hydrogens (tertiary/aromatic N) is 2. The molecule has 0 saturated carbocycles. The molecule has 0 bridgehead atoms. The maximum atomic E-state index is 13.5. The van der Waals surface area contributed by atoms with Gasteiger partial charge in [-0.15, -0.1) is 0 Å². The molecule has 30 heavy (non-hydrogen) atoms. The van der Waals surface area contributed by atoms with Gasteiger partial charge in [-0.3, -0.25) is 5.10 Å². The molecule has 0 amide bonds. The Balaban J connectivity index is 1.65. The minimum Gasteiger partial charge on any atom is -0.371 e. The standard InChI is InChI=1S/C21H19Cl2F3N4/c22-15-5-6-17(18(19(15)23)16-7-10-28-29-16)30-11-8-20(27,9-12-30)13-3-1-2-4-14(13)21(24,25)26/h1-7,10H,8-9,11-12,27H2,(H,28,29). The van der Waals surface area contributed by atoms with Gasteiger partial charge in [0, 0.05) is 36.1 Å². The van der Waals surface area contributed by atoms with Crippen LogP contribution in [0.4, 0.5) is 18.9 Å². The number of piperidine rings is 1. The molecule has 1 fully saturated rings. The quantitative estimate of drug-likeness (QED) is 0.521. The summed E-state index contributed by atoms with van der Waals surface area (Å²) in [6.45, 7) is 0.941. The summed E-state index contributed by atoms with van der Waals surface area (Å²) >= 11 is 12.7. The maximum Gasteiger partial charge on any atom is 0.416 e. The fourth-order valence-electron chi connectivity index (χ4n) is 4.03. The van der Waals surface area contributed by atoms with E-state index in [2.05, 4.69) is 15.1 Å². The van der Waals surface area contributed by atoms with Gasteiger partial charge in [0.25, 0.3) is 0 Å². The van der Waals surface area contributed by atoms with E-state index >= 15 is 0 Å². The van der Waals surface area contributed by atoms with Gasteiger partial charge in [0.2, 0.25) is 0 Å². The van der Waals surface area contributed by atoms with Gasteiger partial charge < -0.3 is 10.6 Å². The number of hydrogen-bond donors (Lipinski definition) is 2. The van der Waals surface area contributed by atoms with Crippen molar-refractivity contribution in [2.45, 2.75) is 24.6 Å². The molecular weight excluding hydrogens is 436 g/mol. The molecule has 1 aliphatic rings. The van der Waals surface area contributed by atoms with Crippen LogP contribution < -0.4 is 10.6 Å². The molecule has 1 aromatic heterocycles. The van der Waals surface area contributed by atoms with Crippen LogP contribution in [0.2, 0.25) is 10.0 Å². The maximum absolute atomic E-state index is 13.5. The summed E-state index contributed by atoms with van der Waals surface area (Å²) < 4.78 is 40.5. The normalized spacial score (nSPS) is 16.7. The summed E-state index contributed by atoms with van der Waals surface area (Å²) in [5.41, 5.74) is 7.06. The Labute approximate surface area is 181 Å². The summed E-state index contributed by atoms with van der Waals surface area (Å²) in [6.07, 6.45) is -2.04. The van der Waals surface area contributed by atoms with Crippen molar-refractivity contribution in [3.8, 4) is 11.3 Å². The zero-order chi connectivity index (χ0) is 21.5. The molecule has 0 spiro atoms. The molecule has 4 rings (SSSR count). The third-order valence-corrected chi connectivity index (χ3v) is 6.40. The van der Waals surface area contributed by atoms with Crippen molar-refractivity contribution in [2.24, 2.45) is 5.73 Å². The Hall–Kier alpha value is -2.22. The van der Waals surface area contributed by atoms with E-state index < -0.39 is 17.3 Å². The first-order chi connectivity index (χ1) is 14.2. The number of halogens is 5. The van der Waals surface area contributed by atoms with E-state index in [-0.39, 0.29) is 5.56 Å². The summed E-state index contributed by atoms with van der Waals surface area (Å²) in [4.78, 5) is 2.06. The zero-order valence-corrected chi connectivity index (χ0v) is 17.3. The first-order valence-electron chi connectivity index (χ1n) is 9.39. The average Bonchev–Trinajstić information content (AvgIpc) is 3.24. The first-order valence-corrected chi connectivity index (χ1v) is 10.1. The number of nitrogens with one attached hydrogen (secondary N) is 1. The highest BCUT2D eigenvalue weighted by Gasteiger charge is 2.41. The lowest BCUT2D eigenvalue weighted by Gasteiger charge is -2.42. The number of rotatable bonds is 3. The number of H-pyrrole nitrogens is 1. The second kappa shape index (κ2) is 7.80. The summed E-state index contributed by atoms with van der Waals surface area (Å²) in [5, 5.41) is 7.77. The summed E-state index contributed by atoms with van der Waals surface area (Å²) in [6, 6.07) is 10.9. The van der Waals surface area contributed by atoms with Crippen LogP contribution in [0.1, 0.15) is 24.0 Å². The molecule has 0 unspecified atom stereocenters. The number of benzene rings is 2. The van der Waals surface area contributed by atoms with Gasteiger partial charge in [0.1, 0.15) is 0 Å². The molecule has 158 valence electrons. The fraction of sp³-hybridized carbons (Fsp3) is 0.286. The lowest BCUT2D eigenvalue weighted by molar-refractivity contribution is -0.138. The Morgan fingerprint density at radius 3 is 2.37 bits per heavy atom. The Morgan fingerprint density at radius 1 is 1.03 bits per heavy atom. The number of alkyl halides is 3. The van der Waals surface area contributed by atoms with Crippen LogP contribution in [0.15, 0.2) is 48.7 Å². The van der Waals surface area contributed by atoms with Crippen LogP contribution >= 0.6 is 23.2 Å². The van der Waals surface area contributed by atoms with Gasteiger partial charge in [0.05, 0.1) is 21.3 Å². The lowest BCUT2D eigenvalue weighted by atomic mass is 9.79. The lowest BCUT2D eigenvalue weighted by Crippen LogP contribution is -2.49. The van der Waals surface area contributed by atoms with Gasteiger partial charge in [-0.25, -0.2) is 0 Å². The Kier molecular flexibility index (Phi) is 5.46. The molecular formula is C21H19Cl2F3N4. The van der Waals surface area contributed by atoms with Crippen molar-refractivity contribution in [1.82, 2.24) is 10.2 Å². The molecule has 0 aliphatic carbocycles. The number of anilines is 1. The van der Waals surface area contributed by atoms with Crippen LogP contribution in [0.3, 0.4) is 0 Å². The zero-order valence-electron chi connectivity index (χ0n) is 15.8. The minimum absolute atomic E-state index is 0.138. The third-order valence-electron chi connectivity index (χ3n) is 5.59. The van der Waals surface area contributed by atoms with E-state index in [1.165, 1.54) is 12.1 Å². The highest BCUT2D eigenvalue weighted by atomic mass is 35.5. The first kappa shape index (κ1) is 21.0. The smallest absolute Gasteiger partial charge is 0.371 e. The molecule has 2 aromatic carbocycles. The number of aromatic nitrogens is 2. The van der Waals surface area contributed by atoms with Crippen LogP contribution in [0.25, 0.3) is 11.3 Å². The van der Waals surface area contributed by atoms with E-state index in [1.807, 2.05) is 6.07 Å². The monoisotopic (exact) mass is 454 g/mol. The van der Waals surface area contributed by atoms with Crippen molar-refractivity contribution in [3.63, 3.8) is 0 Å². The van der Waals surface area contributed by atoms with Gasteiger partial charge in [-0.05, 0) is 42.7 Å². The average molecular weight is 455 g/mol. The third kappa shape index (κ3) is 3.77. The van der Waals surface area contributed by atoms with E-state index in [9.17, 15) is 13.2 Å². The Bertz CT molecular complexity index is 1040. The highest BCUT2D eigenvalue weighted by Crippen LogP contribution is 2.44. The highest BCUT2D eigenvalue weighted by molar-refractivity contribution is 6.44. The van der Waals surface area contributed by atoms with Gasteiger partial charge in [-0.2, -0.15) is 18.3 Å². The van der Waals surface area contributed by atoms with Crippen molar-refractivity contribution in [1.29, 1.82) is 0 Å². The SMILES string of the molecule is NC1(c2ccccc2C(F)(F)F)CCN(c2ccc(Cl)c(Cl)c2-c2cc[nH]n2)CC1. The largest absolute Gasteiger partial charge is 0.416 e. The summed E-state index contributed by atoms with van der Waals surface area (Å²) in [7, 11) is 0. The number of hydrogen-bond acceptors (Lipinski definition) is 3. The molecule has 9 heteroatoms. The molecule has 2 heterocycles. The van der Waals surface area contributed by atoms with Crippen LogP contribution in [-0.4, -0.2) is 23.3 Å². The van der Waals surface area contributed by atoms with Gasteiger partial charge in [-0.1, -0.05) is 41.4 Å². The molecule has 3 N–H and O–H groups in total. The van der Waals surface area contributed by atoms with E-state index in [1.54, 1.807) is 24.4 Å². The molecule has 4 nitrogen and oxygen atoms in total. The van der Waals surface area contributed by atoms with Crippen LogP contribution in [0.5, 0.6) is 0 Å². The predicted octanol–water partition coefficient (Wildman–Crippen LogP) is 5.86. The van der Waals surface area contributed by atoms with E-state index in [4.69, 9.17) is 28.9 Å². The number of nitrogens with two attached hydrogens (primary N) is 1. The van der Waals surface area contributed by atoms with E-state index in [0.29, 0.717) is 47.2 Å². The van der Waals surface area contributed by atoms with Crippen molar-refractivity contribution >= 4 is 28.9 Å². The summed E-state index contributed by atoms with van der Waals surface area (Å²) in [5.74, 6) is 0. The van der Waals surface area contributed by atoms with Crippen LogP contribution in [0, 0.1) is 0 Å². The predicted molar refractivity (Wildman–Crippen MR) is 113 cm³/mol. The number of aromatic amines is 1. The minimum atomic E-state index is -4.45. The molecule has 0 radical (unpaired) electrons. The van der Waals surface area contributed by atoms with Crippen molar-refractivity contribution in [2.75, 3.05) is 18.0 Å². The van der Waals surface area contributed by atoms with Crippen molar-refractivity contribution in [3.05, 3.63) is 69.8 Å². The molecule has 1 saturated heterocycles. The fourth-order valence-corrected chi connectivity index (χ4v) is 4.44. The van der Waals surface area contributed by atoms with Gasteiger partial charge in [0.15, 0.2) is 0 Å². The topological polar surface area (TPSA) is 57.9 Å². The second-order valence-electron chi connectivity index (χ2n) is 7.40. The second-order valence-corrected chi connectivity index (χ2v) is 8.19.